The van der Waals surface area contributed by atoms with E-state index in [1.807, 2.05) is 0 Å². The van der Waals surface area contributed by atoms with Crippen LogP contribution in [0, 0.1) is 0 Å². The van der Waals surface area contributed by atoms with E-state index in [9.17, 15) is 14.4 Å². The summed E-state index contributed by atoms with van der Waals surface area (Å²) in [7, 11) is 0. The quantitative estimate of drug-likeness (QED) is 0.726. The smallest absolute Gasteiger partial charge is 0.254 e. The fourth-order valence-corrected chi connectivity index (χ4v) is 2.00. The molecule has 5 heteroatoms. The molecule has 2 amide bonds. The monoisotopic (exact) mass is 246 g/mol. The molecule has 1 fully saturated rings. The first-order chi connectivity index (χ1) is 8.76. The highest BCUT2D eigenvalue weighted by Gasteiger charge is 2.22. The van der Waals surface area contributed by atoms with Gasteiger partial charge in [0, 0.05) is 31.7 Å². The summed E-state index contributed by atoms with van der Waals surface area (Å²) < 4.78 is 0. The molecule has 0 aliphatic carbocycles. The fraction of sp³-hybridized carbons (Fsp3) is 0.308. The van der Waals surface area contributed by atoms with Gasteiger partial charge in [-0.3, -0.25) is 14.4 Å². The maximum Gasteiger partial charge on any atom is 0.254 e. The Balaban J connectivity index is 2.12. The fourth-order valence-electron chi connectivity index (χ4n) is 2.00. The van der Waals surface area contributed by atoms with E-state index >= 15 is 0 Å². The number of hydrogen-bond donors (Lipinski definition) is 0. The van der Waals surface area contributed by atoms with Gasteiger partial charge < -0.3 is 9.80 Å². The molecule has 0 bridgehead atoms. The normalized spacial score (nSPS) is 15.3. The lowest BCUT2D eigenvalue weighted by Crippen LogP contribution is -2.48. The number of hydrogen-bond acceptors (Lipinski definition) is 3. The third-order valence-corrected chi connectivity index (χ3v) is 3.07. The van der Waals surface area contributed by atoms with Gasteiger partial charge in [0.2, 0.25) is 6.41 Å². The van der Waals surface area contributed by atoms with Crippen LogP contribution in [0.3, 0.4) is 0 Å². The van der Waals surface area contributed by atoms with Crippen molar-refractivity contribution in [3.8, 4) is 0 Å². The van der Waals surface area contributed by atoms with Crippen LogP contribution in [0.5, 0.6) is 0 Å². The van der Waals surface area contributed by atoms with Gasteiger partial charge in [-0.1, -0.05) is 18.2 Å². The van der Waals surface area contributed by atoms with Gasteiger partial charge in [-0.25, -0.2) is 0 Å². The van der Waals surface area contributed by atoms with Crippen molar-refractivity contribution in [2.24, 2.45) is 0 Å². The number of nitrogens with zero attached hydrogens (tertiary/aromatic N) is 2. The molecule has 2 rings (SSSR count). The van der Waals surface area contributed by atoms with E-state index in [-0.39, 0.29) is 5.91 Å². The molecule has 1 aliphatic rings. The zero-order chi connectivity index (χ0) is 13.0. The van der Waals surface area contributed by atoms with Crippen LogP contribution in [0.4, 0.5) is 0 Å². The van der Waals surface area contributed by atoms with Crippen LogP contribution in [0.1, 0.15) is 20.7 Å². The molecule has 0 saturated carbocycles. The predicted octanol–water partition coefficient (Wildman–Crippen LogP) is 0.413. The molecular formula is C13H14N2O3. The maximum absolute atomic E-state index is 12.2. The van der Waals surface area contributed by atoms with Crippen LogP contribution in [0.15, 0.2) is 24.3 Å². The zero-order valence-electron chi connectivity index (χ0n) is 9.91. The van der Waals surface area contributed by atoms with Gasteiger partial charge in [0.15, 0.2) is 6.29 Å². The summed E-state index contributed by atoms with van der Waals surface area (Å²) in [6, 6.07) is 6.74. The van der Waals surface area contributed by atoms with Crippen LogP contribution in [0.25, 0.3) is 0 Å². The minimum absolute atomic E-state index is 0.150. The molecule has 1 heterocycles. The van der Waals surface area contributed by atoms with Gasteiger partial charge in [-0.15, -0.1) is 0 Å². The highest BCUT2D eigenvalue weighted by atomic mass is 16.2. The Labute approximate surface area is 105 Å². The number of benzene rings is 1. The Morgan fingerprint density at radius 1 is 1.06 bits per heavy atom. The summed E-state index contributed by atoms with van der Waals surface area (Å²) in [5.74, 6) is -0.150. The first-order valence-corrected chi connectivity index (χ1v) is 5.79. The number of rotatable bonds is 3. The van der Waals surface area contributed by atoms with Gasteiger partial charge in [0.1, 0.15) is 0 Å². The summed E-state index contributed by atoms with van der Waals surface area (Å²) in [6.45, 7) is 2.09. The first kappa shape index (κ1) is 12.3. The summed E-state index contributed by atoms with van der Waals surface area (Å²) in [4.78, 5) is 37.0. The van der Waals surface area contributed by atoms with Crippen molar-refractivity contribution in [1.82, 2.24) is 9.80 Å². The van der Waals surface area contributed by atoms with Crippen LogP contribution in [0.2, 0.25) is 0 Å². The lowest BCUT2D eigenvalue weighted by molar-refractivity contribution is -0.119. The van der Waals surface area contributed by atoms with E-state index in [4.69, 9.17) is 0 Å². The van der Waals surface area contributed by atoms with E-state index < -0.39 is 0 Å². The molecular weight excluding hydrogens is 232 g/mol. The molecule has 5 nitrogen and oxygen atoms in total. The van der Waals surface area contributed by atoms with Gasteiger partial charge in [-0.05, 0) is 6.07 Å². The topological polar surface area (TPSA) is 57.7 Å². The summed E-state index contributed by atoms with van der Waals surface area (Å²) >= 11 is 0. The molecule has 18 heavy (non-hydrogen) atoms. The summed E-state index contributed by atoms with van der Waals surface area (Å²) in [6.07, 6.45) is 1.48. The molecule has 1 aromatic carbocycles. The molecule has 0 unspecified atom stereocenters. The van der Waals surface area contributed by atoms with Crippen molar-refractivity contribution in [2.45, 2.75) is 0 Å². The largest absolute Gasteiger partial charge is 0.342 e. The molecule has 0 atom stereocenters. The minimum Gasteiger partial charge on any atom is -0.342 e. The van der Waals surface area contributed by atoms with Gasteiger partial charge >= 0.3 is 0 Å². The average Bonchev–Trinajstić information content (AvgIpc) is 2.46. The average molecular weight is 246 g/mol. The van der Waals surface area contributed by atoms with E-state index in [0.29, 0.717) is 43.6 Å². The van der Waals surface area contributed by atoms with Crippen LogP contribution >= 0.6 is 0 Å². The molecule has 0 N–H and O–H groups in total. The van der Waals surface area contributed by atoms with Crippen molar-refractivity contribution in [2.75, 3.05) is 26.2 Å². The summed E-state index contributed by atoms with van der Waals surface area (Å²) in [5, 5.41) is 0. The number of aldehydes is 1. The lowest BCUT2D eigenvalue weighted by atomic mass is 10.1. The third kappa shape index (κ3) is 2.40. The third-order valence-electron chi connectivity index (χ3n) is 3.07. The van der Waals surface area contributed by atoms with Crippen molar-refractivity contribution < 1.29 is 14.4 Å². The highest BCUT2D eigenvalue weighted by Crippen LogP contribution is 2.11. The Morgan fingerprint density at radius 2 is 1.72 bits per heavy atom. The molecule has 1 aromatic rings. The van der Waals surface area contributed by atoms with Crippen molar-refractivity contribution in [3.63, 3.8) is 0 Å². The van der Waals surface area contributed by atoms with Crippen LogP contribution in [-0.4, -0.2) is 54.6 Å². The Kier molecular flexibility index (Phi) is 3.72. The Hall–Kier alpha value is -2.17. The number of amides is 2. The van der Waals surface area contributed by atoms with E-state index in [1.54, 1.807) is 34.1 Å². The molecule has 0 spiro atoms. The highest BCUT2D eigenvalue weighted by molar-refractivity contribution is 6.01. The van der Waals surface area contributed by atoms with Crippen molar-refractivity contribution >= 4 is 18.6 Å². The van der Waals surface area contributed by atoms with E-state index in [0.717, 1.165) is 6.41 Å². The second-order valence-corrected chi connectivity index (χ2v) is 4.14. The first-order valence-electron chi connectivity index (χ1n) is 5.79. The number of carbonyl (C=O) groups is 3. The number of piperazine rings is 1. The predicted molar refractivity (Wildman–Crippen MR) is 65.4 cm³/mol. The van der Waals surface area contributed by atoms with Crippen LogP contribution in [-0.2, 0) is 4.79 Å². The molecule has 1 aliphatic heterocycles. The van der Waals surface area contributed by atoms with E-state index in [1.165, 1.54) is 0 Å². The Morgan fingerprint density at radius 3 is 2.33 bits per heavy atom. The number of carbonyl (C=O) groups excluding carboxylic acids is 3. The minimum atomic E-state index is -0.150. The molecule has 0 aromatic heterocycles. The maximum atomic E-state index is 12.2. The second-order valence-electron chi connectivity index (χ2n) is 4.14. The standard InChI is InChI=1S/C13H14N2O3/c16-9-11-3-1-2-4-12(11)13(18)15-7-5-14(10-17)6-8-15/h1-4,9-10H,5-8H2. The second kappa shape index (κ2) is 5.44. The molecule has 94 valence electrons. The van der Waals surface area contributed by atoms with Gasteiger partial charge in [0.25, 0.3) is 5.91 Å². The Bertz CT molecular complexity index is 465. The molecule has 0 radical (unpaired) electrons. The lowest BCUT2D eigenvalue weighted by Gasteiger charge is -2.32. The van der Waals surface area contributed by atoms with Crippen LogP contribution < -0.4 is 0 Å². The zero-order valence-corrected chi connectivity index (χ0v) is 9.91. The van der Waals surface area contributed by atoms with Gasteiger partial charge in [-0.2, -0.15) is 0 Å². The SMILES string of the molecule is O=Cc1ccccc1C(=O)N1CCN(C=O)CC1. The van der Waals surface area contributed by atoms with E-state index in [2.05, 4.69) is 0 Å². The van der Waals surface area contributed by atoms with Crippen molar-refractivity contribution in [1.29, 1.82) is 0 Å². The van der Waals surface area contributed by atoms with Crippen molar-refractivity contribution in [3.05, 3.63) is 35.4 Å². The van der Waals surface area contributed by atoms with Gasteiger partial charge in [0.05, 0.1) is 5.56 Å². The summed E-state index contributed by atoms with van der Waals surface area (Å²) in [5.41, 5.74) is 0.826. The molecule has 1 saturated heterocycles.